The maximum absolute atomic E-state index is 11.6. The maximum Gasteiger partial charge on any atom is 0.330 e. The number of hydrogen-bond donors (Lipinski definition) is 0. The summed E-state index contributed by atoms with van der Waals surface area (Å²) in [4.78, 5) is 22.6. The number of carbonyl (C=O) groups excluding carboxylic acids is 2. The smallest absolute Gasteiger partial charge is 0.330 e. The van der Waals surface area contributed by atoms with Gasteiger partial charge in [0.25, 0.3) is 0 Å². The van der Waals surface area contributed by atoms with Crippen molar-refractivity contribution in [3.05, 3.63) is 48.5 Å². The zero-order valence-electron chi connectivity index (χ0n) is 10.6. The van der Waals surface area contributed by atoms with E-state index in [1.54, 1.807) is 30.6 Å². The lowest BCUT2D eigenvalue weighted by Crippen LogP contribution is -2.19. The number of aryl methyl sites for hydroxylation is 1. The minimum absolute atomic E-state index is 0.0501. The second-order valence-corrected chi connectivity index (χ2v) is 4.38. The summed E-state index contributed by atoms with van der Waals surface area (Å²) in [5.74, 6) is 0.552. The van der Waals surface area contributed by atoms with Crippen LogP contribution in [-0.2, 0) is 20.7 Å². The lowest BCUT2D eigenvalue weighted by Gasteiger charge is -2.16. The van der Waals surface area contributed by atoms with Gasteiger partial charge in [0.15, 0.2) is 5.78 Å². The first-order chi connectivity index (χ1) is 9.24. The lowest BCUT2D eigenvalue weighted by molar-refractivity contribution is -0.143. The Balaban J connectivity index is 1.68. The Kier molecular flexibility index (Phi) is 4.72. The highest BCUT2D eigenvalue weighted by Crippen LogP contribution is 2.12. The molecule has 0 spiro atoms. The van der Waals surface area contributed by atoms with Crippen LogP contribution >= 0.6 is 0 Å². The lowest BCUT2D eigenvalue weighted by atomic mass is 10.1. The normalized spacial score (nSPS) is 18.7. The quantitative estimate of drug-likeness (QED) is 0.582. The van der Waals surface area contributed by atoms with Crippen molar-refractivity contribution in [2.75, 3.05) is 0 Å². The number of ketones is 1. The molecule has 0 aromatic carbocycles. The van der Waals surface area contributed by atoms with Crippen molar-refractivity contribution in [1.29, 1.82) is 0 Å². The summed E-state index contributed by atoms with van der Waals surface area (Å²) in [6, 6.07) is 3.66. The summed E-state index contributed by atoms with van der Waals surface area (Å²) in [7, 11) is 0. The van der Waals surface area contributed by atoms with Crippen molar-refractivity contribution >= 4 is 11.8 Å². The predicted molar refractivity (Wildman–Crippen MR) is 69.4 cm³/mol. The second kappa shape index (κ2) is 6.73. The van der Waals surface area contributed by atoms with Crippen molar-refractivity contribution in [2.45, 2.75) is 31.8 Å². The van der Waals surface area contributed by atoms with E-state index < -0.39 is 0 Å². The third-order valence-corrected chi connectivity index (χ3v) is 2.84. The Labute approximate surface area is 111 Å². The van der Waals surface area contributed by atoms with Gasteiger partial charge in [0.1, 0.15) is 11.9 Å². The summed E-state index contributed by atoms with van der Waals surface area (Å²) < 4.78 is 10.2. The van der Waals surface area contributed by atoms with Gasteiger partial charge in [-0.15, -0.1) is 0 Å². The summed E-state index contributed by atoms with van der Waals surface area (Å²) in [5, 5.41) is 0. The minimum Gasteiger partial charge on any atom is -0.469 e. The van der Waals surface area contributed by atoms with Gasteiger partial charge in [0.05, 0.1) is 6.26 Å². The highest BCUT2D eigenvalue weighted by atomic mass is 16.5. The van der Waals surface area contributed by atoms with E-state index in [1.807, 2.05) is 6.07 Å². The summed E-state index contributed by atoms with van der Waals surface area (Å²) in [5.41, 5.74) is 0. The number of cyclic esters (lactones) is 1. The number of allylic oxidation sites excluding steroid dienone is 1. The topological polar surface area (TPSA) is 56.5 Å². The van der Waals surface area contributed by atoms with E-state index in [0.717, 1.165) is 5.76 Å². The molecule has 100 valence electrons. The first-order valence-electron chi connectivity index (χ1n) is 6.33. The molecule has 0 saturated carbocycles. The average Bonchev–Trinajstić information content (AvgIpc) is 2.89. The van der Waals surface area contributed by atoms with E-state index >= 15 is 0 Å². The van der Waals surface area contributed by atoms with Gasteiger partial charge in [-0.25, -0.2) is 4.79 Å². The fraction of sp³-hybridized carbons (Fsp3) is 0.333. The molecule has 0 saturated heterocycles. The van der Waals surface area contributed by atoms with Gasteiger partial charge in [-0.3, -0.25) is 4.79 Å². The van der Waals surface area contributed by atoms with E-state index in [2.05, 4.69) is 0 Å². The number of furan rings is 1. The molecule has 1 atom stereocenters. The molecule has 1 aliphatic heterocycles. The van der Waals surface area contributed by atoms with E-state index in [9.17, 15) is 9.59 Å². The van der Waals surface area contributed by atoms with Crippen LogP contribution in [0.5, 0.6) is 0 Å². The van der Waals surface area contributed by atoms with Crippen LogP contribution in [0.1, 0.15) is 25.0 Å². The molecular weight excluding hydrogens is 244 g/mol. The Morgan fingerprint density at radius 1 is 1.47 bits per heavy atom. The van der Waals surface area contributed by atoms with Crippen LogP contribution in [0.15, 0.2) is 47.1 Å². The molecule has 1 aromatic heterocycles. The molecule has 0 bridgehead atoms. The number of rotatable bonds is 6. The number of ether oxygens (including phenoxy) is 1. The molecular formula is C15H16O4. The maximum atomic E-state index is 11.6. The molecule has 0 fully saturated rings. The molecule has 0 N–H and O–H groups in total. The standard InChI is InChI=1S/C15H16O4/c16-12(9-10-13-7-3-11-18-13)4-1-5-14-6-2-8-15(17)19-14/h1-4,7-8,11,14H,5-6,9-10H2/b4-1+/t14-/m0/s1. The van der Waals surface area contributed by atoms with Crippen LogP contribution in [0.2, 0.25) is 0 Å². The van der Waals surface area contributed by atoms with Crippen LogP contribution in [-0.4, -0.2) is 17.9 Å². The van der Waals surface area contributed by atoms with Crippen molar-refractivity contribution in [3.63, 3.8) is 0 Å². The van der Waals surface area contributed by atoms with Gasteiger partial charge in [0.2, 0.25) is 0 Å². The molecule has 4 heteroatoms. The van der Waals surface area contributed by atoms with Crippen LogP contribution < -0.4 is 0 Å². The Bertz CT molecular complexity index is 482. The van der Waals surface area contributed by atoms with Crippen molar-refractivity contribution in [2.24, 2.45) is 0 Å². The SMILES string of the molecule is O=C(/C=C/C[C@H]1CC=CC(=O)O1)CCc1ccco1. The van der Waals surface area contributed by atoms with Crippen LogP contribution in [0.3, 0.4) is 0 Å². The zero-order valence-corrected chi connectivity index (χ0v) is 10.6. The first kappa shape index (κ1) is 13.3. The highest BCUT2D eigenvalue weighted by Gasteiger charge is 2.14. The van der Waals surface area contributed by atoms with Crippen molar-refractivity contribution in [3.8, 4) is 0 Å². The van der Waals surface area contributed by atoms with E-state index in [-0.39, 0.29) is 17.9 Å². The third kappa shape index (κ3) is 4.58. The molecule has 0 amide bonds. The largest absolute Gasteiger partial charge is 0.469 e. The van der Waals surface area contributed by atoms with Gasteiger partial charge in [0, 0.05) is 31.8 Å². The van der Waals surface area contributed by atoms with Crippen LogP contribution in [0, 0.1) is 0 Å². The zero-order chi connectivity index (χ0) is 13.5. The van der Waals surface area contributed by atoms with E-state index in [0.29, 0.717) is 25.7 Å². The minimum atomic E-state index is -0.311. The highest BCUT2D eigenvalue weighted by molar-refractivity contribution is 5.89. The van der Waals surface area contributed by atoms with Gasteiger partial charge >= 0.3 is 5.97 Å². The van der Waals surface area contributed by atoms with Crippen LogP contribution in [0.25, 0.3) is 0 Å². The van der Waals surface area contributed by atoms with Gasteiger partial charge in [-0.2, -0.15) is 0 Å². The van der Waals surface area contributed by atoms with E-state index in [1.165, 1.54) is 6.08 Å². The summed E-state index contributed by atoms with van der Waals surface area (Å²) in [6.07, 6.45) is 10.3. The van der Waals surface area contributed by atoms with Gasteiger partial charge in [-0.1, -0.05) is 12.2 Å². The molecule has 1 aromatic rings. The molecule has 4 nitrogen and oxygen atoms in total. The molecule has 2 rings (SSSR count). The first-order valence-corrected chi connectivity index (χ1v) is 6.33. The molecule has 2 heterocycles. The van der Waals surface area contributed by atoms with Gasteiger partial charge < -0.3 is 9.15 Å². The average molecular weight is 260 g/mol. The molecule has 0 radical (unpaired) electrons. The predicted octanol–water partition coefficient (Wildman–Crippen LogP) is 2.60. The van der Waals surface area contributed by atoms with Crippen LogP contribution in [0.4, 0.5) is 0 Å². The van der Waals surface area contributed by atoms with Crippen molar-refractivity contribution < 1.29 is 18.7 Å². The molecule has 0 unspecified atom stereocenters. The fourth-order valence-corrected chi connectivity index (χ4v) is 1.85. The molecule has 0 aliphatic carbocycles. The van der Waals surface area contributed by atoms with E-state index in [4.69, 9.17) is 9.15 Å². The fourth-order valence-electron chi connectivity index (χ4n) is 1.85. The number of esters is 1. The molecule has 19 heavy (non-hydrogen) atoms. The van der Waals surface area contributed by atoms with Crippen molar-refractivity contribution in [1.82, 2.24) is 0 Å². The van der Waals surface area contributed by atoms with Gasteiger partial charge in [-0.05, 0) is 18.2 Å². The monoisotopic (exact) mass is 260 g/mol. The Hall–Kier alpha value is -2.10. The Morgan fingerprint density at radius 3 is 3.11 bits per heavy atom. The number of carbonyl (C=O) groups is 2. The summed E-state index contributed by atoms with van der Waals surface area (Å²) in [6.45, 7) is 0. The summed E-state index contributed by atoms with van der Waals surface area (Å²) >= 11 is 0. The molecule has 1 aliphatic rings. The Morgan fingerprint density at radius 2 is 2.37 bits per heavy atom. The number of hydrogen-bond acceptors (Lipinski definition) is 4. The second-order valence-electron chi connectivity index (χ2n) is 4.38. The third-order valence-electron chi connectivity index (χ3n) is 2.84.